The minimum atomic E-state index is 0.0492. The van der Waals surface area contributed by atoms with Gasteiger partial charge in [-0.3, -0.25) is 4.79 Å². The molecule has 1 amide bonds. The minimum Gasteiger partial charge on any atom is -0.497 e. The normalized spacial score (nSPS) is 13.5. The third-order valence-corrected chi connectivity index (χ3v) is 4.83. The van der Waals surface area contributed by atoms with Gasteiger partial charge in [0.1, 0.15) is 5.75 Å². The number of hydrogen-bond acceptors (Lipinski definition) is 4. The Kier molecular flexibility index (Phi) is 3.62. The maximum Gasteiger partial charge on any atom is 0.259 e. The number of pyridine rings is 1. The molecule has 1 aliphatic heterocycles. The number of hydrogen-bond donors (Lipinski definition) is 0. The lowest BCUT2D eigenvalue weighted by Crippen LogP contribution is -2.34. The van der Waals surface area contributed by atoms with Crippen LogP contribution in [0.5, 0.6) is 5.75 Å². The summed E-state index contributed by atoms with van der Waals surface area (Å²) in [4.78, 5) is 22.0. The van der Waals surface area contributed by atoms with Gasteiger partial charge in [0.2, 0.25) is 0 Å². The topological polar surface area (TPSA) is 45.7 Å². The molecule has 2 aromatic carbocycles. The summed E-state index contributed by atoms with van der Waals surface area (Å²) in [7, 11) is 5.66. The van der Waals surface area contributed by atoms with Crippen LogP contribution in [-0.4, -0.2) is 50.1 Å². The zero-order valence-electron chi connectivity index (χ0n) is 15.0. The number of anilines is 1. The fourth-order valence-corrected chi connectivity index (χ4v) is 3.48. The summed E-state index contributed by atoms with van der Waals surface area (Å²) in [6.07, 6.45) is 0. The molecule has 5 nitrogen and oxygen atoms in total. The first-order chi connectivity index (χ1) is 12.0. The molecule has 25 heavy (non-hydrogen) atoms. The second-order valence-corrected chi connectivity index (χ2v) is 6.76. The van der Waals surface area contributed by atoms with Crippen molar-refractivity contribution in [2.45, 2.75) is 6.92 Å². The summed E-state index contributed by atoms with van der Waals surface area (Å²) >= 11 is 0. The number of nitrogens with zero attached hydrogens (tertiary/aromatic N) is 3. The number of benzene rings is 2. The summed E-state index contributed by atoms with van der Waals surface area (Å²) in [6, 6.07) is 9.80. The molecule has 0 saturated heterocycles. The molecule has 0 unspecified atom stereocenters. The van der Waals surface area contributed by atoms with Gasteiger partial charge < -0.3 is 14.5 Å². The fraction of sp³-hybridized carbons (Fsp3) is 0.300. The quantitative estimate of drug-likeness (QED) is 0.687. The number of likely N-dealkylation sites (N-methyl/N-ethyl adjacent to an activating group) is 1. The van der Waals surface area contributed by atoms with Crippen LogP contribution in [0.25, 0.3) is 21.8 Å². The van der Waals surface area contributed by atoms with Gasteiger partial charge in [0.15, 0.2) is 0 Å². The molecule has 0 bridgehead atoms. The summed E-state index contributed by atoms with van der Waals surface area (Å²) in [6.45, 7) is 3.51. The number of carbonyl (C=O) groups is 1. The average Bonchev–Trinajstić information content (AvgIpc) is 2.89. The smallest absolute Gasteiger partial charge is 0.259 e. The van der Waals surface area contributed by atoms with Crippen LogP contribution in [-0.2, 0) is 0 Å². The van der Waals surface area contributed by atoms with Crippen LogP contribution >= 0.6 is 0 Å². The van der Waals surface area contributed by atoms with Gasteiger partial charge in [0.05, 0.1) is 29.4 Å². The molecule has 0 spiro atoms. The van der Waals surface area contributed by atoms with E-state index in [1.807, 2.05) is 56.3 Å². The van der Waals surface area contributed by atoms with Crippen LogP contribution in [0, 0.1) is 6.92 Å². The van der Waals surface area contributed by atoms with Gasteiger partial charge in [0.25, 0.3) is 5.91 Å². The van der Waals surface area contributed by atoms with Crippen LogP contribution < -0.4 is 9.64 Å². The van der Waals surface area contributed by atoms with E-state index in [1.165, 1.54) is 0 Å². The van der Waals surface area contributed by atoms with Crippen LogP contribution in [0.2, 0.25) is 0 Å². The highest BCUT2D eigenvalue weighted by atomic mass is 16.5. The van der Waals surface area contributed by atoms with Gasteiger partial charge >= 0.3 is 0 Å². The number of aryl methyl sites for hydroxylation is 1. The van der Waals surface area contributed by atoms with Gasteiger partial charge in [-0.2, -0.15) is 0 Å². The van der Waals surface area contributed by atoms with Crippen molar-refractivity contribution < 1.29 is 9.53 Å². The predicted molar refractivity (Wildman–Crippen MR) is 101 cm³/mol. The molecule has 0 atom stereocenters. The van der Waals surface area contributed by atoms with Crippen LogP contribution in [0.4, 0.5) is 5.69 Å². The molecule has 5 heteroatoms. The van der Waals surface area contributed by atoms with Crippen molar-refractivity contribution in [3.63, 3.8) is 0 Å². The van der Waals surface area contributed by atoms with E-state index in [2.05, 4.69) is 4.90 Å². The molecule has 3 aromatic rings. The van der Waals surface area contributed by atoms with Gasteiger partial charge in [0, 0.05) is 23.9 Å². The van der Waals surface area contributed by atoms with Crippen molar-refractivity contribution in [3.8, 4) is 5.75 Å². The lowest BCUT2D eigenvalue weighted by Gasteiger charge is -2.20. The summed E-state index contributed by atoms with van der Waals surface area (Å²) in [5, 5.41) is 1.82. The molecule has 1 aromatic heterocycles. The summed E-state index contributed by atoms with van der Waals surface area (Å²) < 4.78 is 5.36. The molecule has 0 saturated carbocycles. The van der Waals surface area contributed by atoms with Gasteiger partial charge in [-0.1, -0.05) is 6.07 Å². The van der Waals surface area contributed by atoms with Crippen LogP contribution in [0.3, 0.4) is 0 Å². The predicted octanol–water partition coefficient (Wildman–Crippen LogP) is 3.23. The molecule has 128 valence electrons. The number of ether oxygens (including phenoxy) is 1. The monoisotopic (exact) mass is 335 g/mol. The first-order valence-electron chi connectivity index (χ1n) is 8.39. The SMILES string of the molecule is COc1ccc2nc3c(C)ccc4c3c(c2c1)C(=O)N4CCN(C)C. The zero-order valence-corrected chi connectivity index (χ0v) is 15.0. The van der Waals surface area contributed by atoms with E-state index >= 15 is 0 Å². The number of carbonyl (C=O) groups excluding carboxylic acids is 1. The van der Waals surface area contributed by atoms with E-state index < -0.39 is 0 Å². The molecular weight excluding hydrogens is 314 g/mol. The lowest BCUT2D eigenvalue weighted by atomic mass is 10.0. The molecule has 4 rings (SSSR count). The lowest BCUT2D eigenvalue weighted by molar-refractivity contribution is 0.0993. The second-order valence-electron chi connectivity index (χ2n) is 6.76. The Morgan fingerprint density at radius 2 is 2.00 bits per heavy atom. The van der Waals surface area contributed by atoms with E-state index in [0.29, 0.717) is 6.54 Å². The van der Waals surface area contributed by atoms with Crippen molar-refractivity contribution in [1.82, 2.24) is 9.88 Å². The van der Waals surface area contributed by atoms with Crippen molar-refractivity contribution in [2.24, 2.45) is 0 Å². The highest BCUT2D eigenvalue weighted by Gasteiger charge is 2.32. The maximum absolute atomic E-state index is 13.3. The molecular formula is C20H21N3O2. The second kappa shape index (κ2) is 5.70. The molecule has 1 aliphatic rings. The minimum absolute atomic E-state index is 0.0492. The van der Waals surface area contributed by atoms with Crippen molar-refractivity contribution >= 4 is 33.4 Å². The van der Waals surface area contributed by atoms with E-state index in [4.69, 9.17) is 9.72 Å². The van der Waals surface area contributed by atoms with Gasteiger partial charge in [-0.05, 0) is 50.8 Å². The van der Waals surface area contributed by atoms with Gasteiger partial charge in [-0.25, -0.2) is 4.98 Å². The number of amides is 1. The Balaban J connectivity index is 2.02. The molecule has 0 N–H and O–H groups in total. The molecule has 0 fully saturated rings. The average molecular weight is 335 g/mol. The molecule has 0 aliphatic carbocycles. The standard InChI is InChI=1S/C20H21N3O2/c1-12-5-8-16-18-17(20(24)23(16)10-9-22(2)3)14-11-13(25-4)6-7-15(14)21-19(12)18/h5-8,11H,9-10H2,1-4H3. The number of methoxy groups -OCH3 is 1. The summed E-state index contributed by atoms with van der Waals surface area (Å²) in [5.74, 6) is 0.784. The first kappa shape index (κ1) is 15.8. The third kappa shape index (κ3) is 2.35. The highest BCUT2D eigenvalue weighted by molar-refractivity contribution is 6.30. The number of aromatic nitrogens is 1. The van der Waals surface area contributed by atoms with E-state index in [9.17, 15) is 4.79 Å². The largest absolute Gasteiger partial charge is 0.497 e. The van der Waals surface area contributed by atoms with Crippen molar-refractivity contribution in [3.05, 3.63) is 41.5 Å². The molecule has 0 radical (unpaired) electrons. The van der Waals surface area contributed by atoms with E-state index in [0.717, 1.165) is 50.9 Å². The van der Waals surface area contributed by atoms with Crippen LogP contribution in [0.1, 0.15) is 15.9 Å². The van der Waals surface area contributed by atoms with E-state index in [-0.39, 0.29) is 5.91 Å². The van der Waals surface area contributed by atoms with Gasteiger partial charge in [-0.15, -0.1) is 0 Å². The number of rotatable bonds is 4. The molecule has 2 heterocycles. The maximum atomic E-state index is 13.3. The first-order valence-corrected chi connectivity index (χ1v) is 8.39. The summed E-state index contributed by atoms with van der Waals surface area (Å²) in [5.41, 5.74) is 4.52. The Morgan fingerprint density at radius 1 is 1.20 bits per heavy atom. The Labute approximate surface area is 146 Å². The number of fused-ring (bicyclic) bond motifs is 2. The van der Waals surface area contributed by atoms with Crippen molar-refractivity contribution in [1.29, 1.82) is 0 Å². The zero-order chi connectivity index (χ0) is 17.7. The highest BCUT2D eigenvalue weighted by Crippen LogP contribution is 2.41. The third-order valence-electron chi connectivity index (χ3n) is 4.83. The van der Waals surface area contributed by atoms with E-state index in [1.54, 1.807) is 7.11 Å². The van der Waals surface area contributed by atoms with Crippen LogP contribution in [0.15, 0.2) is 30.3 Å². The fourth-order valence-electron chi connectivity index (χ4n) is 3.48. The van der Waals surface area contributed by atoms with Crippen molar-refractivity contribution in [2.75, 3.05) is 39.2 Å². The Bertz CT molecular complexity index is 1010. The Hall–Kier alpha value is -2.66. The Morgan fingerprint density at radius 3 is 2.72 bits per heavy atom.